The van der Waals surface area contributed by atoms with Gasteiger partial charge in [0.2, 0.25) is 0 Å². The second kappa shape index (κ2) is 13.3. The quantitative estimate of drug-likeness (QED) is 0.111. The van der Waals surface area contributed by atoms with E-state index >= 15 is 0 Å². The first-order chi connectivity index (χ1) is 18.8. The molecule has 0 N–H and O–H groups in total. The van der Waals surface area contributed by atoms with Crippen LogP contribution in [0.15, 0.2) is 48.5 Å². The number of aryl methyl sites for hydroxylation is 1. The van der Waals surface area contributed by atoms with Gasteiger partial charge in [-0.2, -0.15) is 0 Å². The topological polar surface area (TPSA) is 26.3 Å². The highest BCUT2D eigenvalue weighted by atomic mass is 19.2. The molecule has 0 aliphatic heterocycles. The molecule has 0 unspecified atom stereocenters. The van der Waals surface area contributed by atoms with Crippen LogP contribution in [0.25, 0.3) is 11.1 Å². The Bertz CT molecular complexity index is 1280. The van der Waals surface area contributed by atoms with Crippen molar-refractivity contribution in [3.63, 3.8) is 0 Å². The van der Waals surface area contributed by atoms with Gasteiger partial charge in [0.25, 0.3) is 0 Å². The second-order valence-electron chi connectivity index (χ2n) is 10.6. The van der Waals surface area contributed by atoms with E-state index in [1.165, 1.54) is 42.5 Å². The number of rotatable bonds is 10. The normalized spacial score (nSPS) is 17.3. The highest BCUT2D eigenvalue weighted by molar-refractivity contribution is 5.91. The predicted octanol–water partition coefficient (Wildman–Crippen LogP) is 9.94. The van der Waals surface area contributed by atoms with Crippen molar-refractivity contribution in [2.45, 2.75) is 84.0 Å². The highest BCUT2D eigenvalue weighted by Crippen LogP contribution is 2.39. The third-order valence-electron chi connectivity index (χ3n) is 7.90. The summed E-state index contributed by atoms with van der Waals surface area (Å²) in [6.07, 6.45) is 9.11. The number of esters is 1. The van der Waals surface area contributed by atoms with Gasteiger partial charge in [-0.15, -0.1) is 0 Å². The van der Waals surface area contributed by atoms with Crippen molar-refractivity contribution in [1.29, 1.82) is 0 Å². The van der Waals surface area contributed by atoms with E-state index in [-0.39, 0.29) is 17.2 Å². The number of carbonyl (C=O) groups is 1. The Morgan fingerprint density at radius 3 is 2.15 bits per heavy atom. The van der Waals surface area contributed by atoms with Gasteiger partial charge in [-0.25, -0.2) is 22.4 Å². The summed E-state index contributed by atoms with van der Waals surface area (Å²) in [4.78, 5) is 12.7. The van der Waals surface area contributed by atoms with Crippen LogP contribution in [0.4, 0.5) is 17.6 Å². The summed E-state index contributed by atoms with van der Waals surface area (Å²) in [6.45, 7) is 4.20. The maximum atomic E-state index is 15.0. The van der Waals surface area contributed by atoms with Crippen LogP contribution in [0.5, 0.6) is 5.75 Å². The summed E-state index contributed by atoms with van der Waals surface area (Å²) < 4.78 is 64.5. The molecule has 2 nitrogen and oxygen atoms in total. The van der Waals surface area contributed by atoms with Gasteiger partial charge in [-0.05, 0) is 85.3 Å². The monoisotopic (exact) mass is 540 g/mol. The van der Waals surface area contributed by atoms with Crippen molar-refractivity contribution in [3.8, 4) is 16.9 Å². The van der Waals surface area contributed by atoms with Gasteiger partial charge in [0, 0.05) is 5.56 Å². The zero-order valence-electron chi connectivity index (χ0n) is 22.7. The van der Waals surface area contributed by atoms with Gasteiger partial charge in [-0.1, -0.05) is 69.9 Å². The summed E-state index contributed by atoms with van der Waals surface area (Å²) in [6, 6.07) is 11.7. The molecule has 0 bridgehead atoms. The zero-order chi connectivity index (χ0) is 27.9. The van der Waals surface area contributed by atoms with Crippen molar-refractivity contribution in [1.82, 2.24) is 0 Å². The average molecular weight is 541 g/mol. The molecule has 1 saturated carbocycles. The molecule has 0 spiro atoms. The summed E-state index contributed by atoms with van der Waals surface area (Å²) in [5.41, 5.74) is 0.680. The van der Waals surface area contributed by atoms with Gasteiger partial charge >= 0.3 is 5.97 Å². The maximum Gasteiger partial charge on any atom is 0.346 e. The van der Waals surface area contributed by atoms with Crippen LogP contribution in [-0.4, -0.2) is 5.97 Å². The number of unbranched alkanes of at least 4 members (excludes halogenated alkanes) is 2. The lowest BCUT2D eigenvalue weighted by Gasteiger charge is -2.29. The molecule has 0 atom stereocenters. The van der Waals surface area contributed by atoms with Gasteiger partial charge in [-0.3, -0.25) is 0 Å². The van der Waals surface area contributed by atoms with Gasteiger partial charge in [0.1, 0.15) is 5.75 Å². The third kappa shape index (κ3) is 6.71. The molecule has 3 aromatic carbocycles. The van der Waals surface area contributed by atoms with E-state index in [1.54, 1.807) is 6.07 Å². The predicted molar refractivity (Wildman–Crippen MR) is 146 cm³/mol. The number of hydrogen-bond acceptors (Lipinski definition) is 2. The fourth-order valence-corrected chi connectivity index (χ4v) is 5.64. The standard InChI is InChI=1S/C33H36F4O2/c1-3-5-6-8-24-15-18-26(30(35)29(24)34)23-13-16-25(17-14-23)39-33(38)28-20-19-27(31(36)32(28)37)22-11-9-21(7-4-2)10-12-22/h13-22H,3-12H2,1-2H3. The van der Waals surface area contributed by atoms with Crippen molar-refractivity contribution < 1.29 is 27.1 Å². The molecule has 0 amide bonds. The number of ether oxygens (including phenoxy) is 1. The molecule has 208 valence electrons. The first-order valence-corrected chi connectivity index (χ1v) is 14.1. The molecule has 1 fully saturated rings. The van der Waals surface area contributed by atoms with E-state index < -0.39 is 34.8 Å². The fraction of sp³-hybridized carbons (Fsp3) is 0.424. The first-order valence-electron chi connectivity index (χ1n) is 14.1. The fourth-order valence-electron chi connectivity index (χ4n) is 5.64. The van der Waals surface area contributed by atoms with E-state index in [0.29, 0.717) is 29.0 Å². The van der Waals surface area contributed by atoms with Gasteiger partial charge in [0.15, 0.2) is 23.3 Å². The van der Waals surface area contributed by atoms with Crippen LogP contribution in [0.3, 0.4) is 0 Å². The lowest BCUT2D eigenvalue weighted by Crippen LogP contribution is -2.17. The number of hydrogen-bond donors (Lipinski definition) is 0. The lowest BCUT2D eigenvalue weighted by molar-refractivity contribution is 0.0728. The van der Waals surface area contributed by atoms with E-state index in [2.05, 4.69) is 6.92 Å². The SMILES string of the molecule is CCCCCc1ccc(-c2ccc(OC(=O)c3ccc(C4CCC(CCC)CC4)c(F)c3F)cc2)c(F)c1F. The van der Waals surface area contributed by atoms with E-state index in [1.807, 2.05) is 6.92 Å². The summed E-state index contributed by atoms with van der Waals surface area (Å²) in [7, 11) is 0. The van der Waals surface area contributed by atoms with E-state index in [4.69, 9.17) is 4.74 Å². The van der Waals surface area contributed by atoms with Crippen LogP contribution in [0, 0.1) is 29.2 Å². The third-order valence-corrected chi connectivity index (χ3v) is 7.90. The van der Waals surface area contributed by atoms with Gasteiger partial charge < -0.3 is 4.74 Å². The smallest absolute Gasteiger partial charge is 0.346 e. The molecule has 0 saturated heterocycles. The van der Waals surface area contributed by atoms with Gasteiger partial charge in [0.05, 0.1) is 5.56 Å². The molecule has 0 heterocycles. The highest BCUT2D eigenvalue weighted by Gasteiger charge is 2.28. The zero-order valence-corrected chi connectivity index (χ0v) is 22.7. The molecule has 0 aromatic heterocycles. The Kier molecular flexibility index (Phi) is 9.82. The van der Waals surface area contributed by atoms with Crippen molar-refractivity contribution in [2.75, 3.05) is 0 Å². The van der Waals surface area contributed by atoms with Crippen molar-refractivity contribution in [3.05, 3.63) is 88.5 Å². The summed E-state index contributed by atoms with van der Waals surface area (Å²) in [5.74, 6) is -4.33. The number of carbonyl (C=O) groups excluding carboxylic acids is 1. The minimum atomic E-state index is -1.21. The lowest BCUT2D eigenvalue weighted by atomic mass is 9.77. The molecule has 4 rings (SSSR count). The Morgan fingerprint density at radius 1 is 0.769 bits per heavy atom. The minimum absolute atomic E-state index is 0.0548. The minimum Gasteiger partial charge on any atom is -0.423 e. The number of benzene rings is 3. The van der Waals surface area contributed by atoms with Crippen LogP contribution in [0.2, 0.25) is 0 Å². The largest absolute Gasteiger partial charge is 0.423 e. The molecule has 6 heteroatoms. The van der Waals surface area contributed by atoms with Crippen LogP contribution in [-0.2, 0) is 6.42 Å². The average Bonchev–Trinajstić information content (AvgIpc) is 2.94. The Morgan fingerprint density at radius 2 is 1.49 bits per heavy atom. The van der Waals surface area contributed by atoms with Crippen molar-refractivity contribution in [2.24, 2.45) is 5.92 Å². The molecular formula is C33H36F4O2. The van der Waals surface area contributed by atoms with E-state index in [9.17, 15) is 22.4 Å². The number of halogens is 4. The molecule has 39 heavy (non-hydrogen) atoms. The molecule has 3 aromatic rings. The van der Waals surface area contributed by atoms with E-state index in [0.717, 1.165) is 57.8 Å². The van der Waals surface area contributed by atoms with Crippen LogP contribution >= 0.6 is 0 Å². The van der Waals surface area contributed by atoms with Crippen LogP contribution in [0.1, 0.15) is 99.0 Å². The Balaban J connectivity index is 1.43. The summed E-state index contributed by atoms with van der Waals surface area (Å²) in [5, 5.41) is 0. The van der Waals surface area contributed by atoms with Crippen molar-refractivity contribution >= 4 is 5.97 Å². The second-order valence-corrected chi connectivity index (χ2v) is 10.6. The Hall–Kier alpha value is -3.15. The molecule has 1 aliphatic rings. The molecular weight excluding hydrogens is 504 g/mol. The summed E-state index contributed by atoms with van der Waals surface area (Å²) >= 11 is 0. The Labute approximate surface area is 228 Å². The molecule has 1 aliphatic carbocycles. The first kappa shape index (κ1) is 28.8. The maximum absolute atomic E-state index is 15.0. The molecule has 0 radical (unpaired) electrons. The van der Waals surface area contributed by atoms with Crippen LogP contribution < -0.4 is 4.74 Å².